The van der Waals surface area contributed by atoms with Gasteiger partial charge < -0.3 is 31.3 Å². The van der Waals surface area contributed by atoms with Crippen molar-refractivity contribution in [2.24, 2.45) is 5.92 Å². The molecule has 0 aliphatic carbocycles. The molecule has 1 aliphatic rings. The third-order valence-corrected chi connectivity index (χ3v) is 8.55. The first kappa shape index (κ1) is 38.5. The summed E-state index contributed by atoms with van der Waals surface area (Å²) in [7, 11) is 0. The van der Waals surface area contributed by atoms with Gasteiger partial charge in [0.15, 0.2) is 0 Å². The van der Waals surface area contributed by atoms with Crippen molar-refractivity contribution in [3.05, 3.63) is 95.3 Å². The fourth-order valence-corrected chi connectivity index (χ4v) is 5.64. The summed E-state index contributed by atoms with van der Waals surface area (Å²) < 4.78 is 5.25. The molecule has 1 aromatic heterocycles. The lowest BCUT2D eigenvalue weighted by molar-refractivity contribution is -0.130. The molecule has 0 bridgehead atoms. The van der Waals surface area contributed by atoms with E-state index >= 15 is 0 Å². The van der Waals surface area contributed by atoms with Crippen LogP contribution in [0.3, 0.4) is 0 Å². The lowest BCUT2D eigenvalue weighted by atomic mass is 10.0. The molecule has 0 radical (unpaired) electrons. The zero-order chi connectivity index (χ0) is 36.9. The molecule has 2 heterocycles. The first-order chi connectivity index (χ1) is 24.5. The van der Waals surface area contributed by atoms with E-state index in [1.807, 2.05) is 70.2 Å². The van der Waals surface area contributed by atoms with Crippen LogP contribution in [0, 0.1) is 5.92 Å². The number of likely N-dealkylation sites (N-methyl/N-ethyl adjacent to an activating group) is 1. The summed E-state index contributed by atoms with van der Waals surface area (Å²) in [5.41, 5.74) is 2.37. The highest BCUT2D eigenvalue weighted by Gasteiger charge is 2.28. The number of carbonyl (C=O) groups is 5. The van der Waals surface area contributed by atoms with Gasteiger partial charge in [-0.05, 0) is 69.0 Å². The quantitative estimate of drug-likeness (QED) is 0.151. The van der Waals surface area contributed by atoms with Crippen LogP contribution in [0.1, 0.15) is 79.1 Å². The van der Waals surface area contributed by atoms with E-state index in [-0.39, 0.29) is 41.4 Å². The normalized spacial score (nSPS) is 15.2. The second-order valence-corrected chi connectivity index (χ2v) is 12.9. The molecule has 0 spiro atoms. The first-order valence-corrected chi connectivity index (χ1v) is 17.4. The van der Waals surface area contributed by atoms with Crippen LogP contribution < -0.4 is 31.5 Å². The van der Waals surface area contributed by atoms with Gasteiger partial charge in [0.25, 0.3) is 11.8 Å². The van der Waals surface area contributed by atoms with E-state index in [4.69, 9.17) is 4.74 Å². The summed E-state index contributed by atoms with van der Waals surface area (Å²) >= 11 is 0. The summed E-state index contributed by atoms with van der Waals surface area (Å²) in [5, 5.41) is 14.8. The maximum absolute atomic E-state index is 14.0. The molecular formula is C38H49N7O6. The minimum absolute atomic E-state index is 0.125. The van der Waals surface area contributed by atoms with Crippen molar-refractivity contribution < 1.29 is 28.7 Å². The Morgan fingerprint density at radius 1 is 0.863 bits per heavy atom. The van der Waals surface area contributed by atoms with Crippen LogP contribution in [0.25, 0.3) is 0 Å². The SMILES string of the molecule is CCNC(=O)[C@@H](NC(=O)[C@H](C)NC[C@H](Cc1ccccn1)NC(=O)c1cc(C(=O)N[C@H](C)c2ccccc2)cc(N2CCCOC2=O)c1)C(C)C. The zero-order valence-electron chi connectivity index (χ0n) is 29.9. The number of nitrogens with zero attached hydrogens (tertiary/aromatic N) is 2. The number of carbonyl (C=O) groups excluding carboxylic acids is 5. The minimum atomic E-state index is -0.697. The van der Waals surface area contributed by atoms with Gasteiger partial charge in [0.05, 0.1) is 18.7 Å². The number of hydrogen-bond acceptors (Lipinski definition) is 8. The molecule has 51 heavy (non-hydrogen) atoms. The molecule has 0 saturated carbocycles. The van der Waals surface area contributed by atoms with Gasteiger partial charge in [0.1, 0.15) is 6.04 Å². The largest absolute Gasteiger partial charge is 0.449 e. The van der Waals surface area contributed by atoms with Crippen molar-refractivity contribution >= 4 is 35.4 Å². The molecule has 1 aliphatic heterocycles. The standard InChI is InChI=1S/C38H49N7O6/c1-6-39-37(49)33(24(2)3)44-34(46)26(5)41-23-31(22-30-15-10-11-16-40-30)43-36(48)29-19-28(20-32(21-29)45-17-12-18-51-38(45)50)35(47)42-25(4)27-13-8-7-9-14-27/h7-11,13-16,19-21,24-26,31,33,41H,6,12,17-18,22-23H2,1-5H3,(H,39,49)(H,42,47)(H,43,48)(H,44,46)/t25-,26+,31+,33+/m1/s1. The molecular weight excluding hydrogens is 650 g/mol. The number of rotatable bonds is 16. The number of pyridine rings is 1. The van der Waals surface area contributed by atoms with Crippen LogP contribution in [0.5, 0.6) is 0 Å². The molecule has 5 amide bonds. The average molecular weight is 700 g/mol. The molecule has 2 aromatic carbocycles. The molecule has 4 atom stereocenters. The van der Waals surface area contributed by atoms with E-state index in [9.17, 15) is 24.0 Å². The summed E-state index contributed by atoms with van der Waals surface area (Å²) in [6.07, 6.45) is 2.04. The Labute approximate surface area is 299 Å². The van der Waals surface area contributed by atoms with E-state index in [0.29, 0.717) is 38.2 Å². The molecule has 1 fully saturated rings. The lowest BCUT2D eigenvalue weighted by Crippen LogP contribution is -2.55. The Hall–Kier alpha value is -5.30. The molecule has 0 unspecified atom stereocenters. The number of benzene rings is 2. The van der Waals surface area contributed by atoms with E-state index < -0.39 is 36.0 Å². The molecule has 13 heteroatoms. The van der Waals surface area contributed by atoms with Gasteiger partial charge in [-0.15, -0.1) is 0 Å². The fourth-order valence-electron chi connectivity index (χ4n) is 5.64. The van der Waals surface area contributed by atoms with Gasteiger partial charge in [-0.1, -0.05) is 50.2 Å². The molecule has 4 rings (SSSR count). The van der Waals surface area contributed by atoms with Gasteiger partial charge in [-0.2, -0.15) is 0 Å². The van der Waals surface area contributed by atoms with Crippen LogP contribution in [-0.2, 0) is 20.7 Å². The summed E-state index contributed by atoms with van der Waals surface area (Å²) in [4.78, 5) is 71.7. The number of aromatic nitrogens is 1. The number of cyclic esters (lactones) is 1. The van der Waals surface area contributed by atoms with Crippen molar-refractivity contribution in [2.75, 3.05) is 31.1 Å². The van der Waals surface area contributed by atoms with Crippen molar-refractivity contribution in [2.45, 2.75) is 71.6 Å². The molecule has 272 valence electrons. The van der Waals surface area contributed by atoms with Gasteiger partial charge >= 0.3 is 6.09 Å². The predicted molar refractivity (Wildman–Crippen MR) is 194 cm³/mol. The number of amides is 5. The third-order valence-electron chi connectivity index (χ3n) is 8.55. The minimum Gasteiger partial charge on any atom is -0.449 e. The maximum atomic E-state index is 14.0. The number of anilines is 1. The molecule has 5 N–H and O–H groups in total. The molecule has 3 aromatic rings. The highest BCUT2D eigenvalue weighted by atomic mass is 16.6. The van der Waals surface area contributed by atoms with Crippen LogP contribution in [-0.4, -0.2) is 79.1 Å². The van der Waals surface area contributed by atoms with Crippen molar-refractivity contribution in [3.63, 3.8) is 0 Å². The second kappa shape index (κ2) is 18.6. The van der Waals surface area contributed by atoms with Crippen LogP contribution in [0.2, 0.25) is 0 Å². The highest BCUT2D eigenvalue weighted by Crippen LogP contribution is 2.24. The topological polar surface area (TPSA) is 171 Å². The highest BCUT2D eigenvalue weighted by molar-refractivity contribution is 6.03. The number of hydrogen-bond donors (Lipinski definition) is 5. The maximum Gasteiger partial charge on any atom is 0.414 e. The summed E-state index contributed by atoms with van der Waals surface area (Å²) in [6.45, 7) is 10.4. The Kier molecular flexibility index (Phi) is 14.1. The molecule has 1 saturated heterocycles. The van der Waals surface area contributed by atoms with E-state index in [1.54, 1.807) is 31.3 Å². The van der Waals surface area contributed by atoms with Crippen LogP contribution in [0.15, 0.2) is 72.9 Å². The Morgan fingerprint density at radius 3 is 2.18 bits per heavy atom. The van der Waals surface area contributed by atoms with E-state index in [2.05, 4.69) is 31.6 Å². The Balaban J connectivity index is 1.56. The van der Waals surface area contributed by atoms with Crippen molar-refractivity contribution in [1.82, 2.24) is 31.6 Å². The smallest absolute Gasteiger partial charge is 0.414 e. The Morgan fingerprint density at radius 2 is 1.55 bits per heavy atom. The van der Waals surface area contributed by atoms with Gasteiger partial charge in [-0.3, -0.25) is 29.1 Å². The van der Waals surface area contributed by atoms with Gasteiger partial charge in [0, 0.05) is 60.8 Å². The van der Waals surface area contributed by atoms with E-state index in [1.165, 1.54) is 11.0 Å². The second-order valence-electron chi connectivity index (χ2n) is 12.9. The van der Waals surface area contributed by atoms with Crippen molar-refractivity contribution in [3.8, 4) is 0 Å². The molecule has 13 nitrogen and oxygen atoms in total. The fraction of sp³-hybridized carbons (Fsp3) is 0.421. The van der Waals surface area contributed by atoms with Gasteiger partial charge in [0.2, 0.25) is 11.8 Å². The number of nitrogens with one attached hydrogen (secondary N) is 5. The lowest BCUT2D eigenvalue weighted by Gasteiger charge is -2.27. The first-order valence-electron chi connectivity index (χ1n) is 17.4. The predicted octanol–water partition coefficient (Wildman–Crippen LogP) is 3.52. The van der Waals surface area contributed by atoms with Crippen molar-refractivity contribution in [1.29, 1.82) is 0 Å². The van der Waals surface area contributed by atoms with E-state index in [0.717, 1.165) is 11.3 Å². The van der Waals surface area contributed by atoms with Crippen LogP contribution in [0.4, 0.5) is 10.5 Å². The Bertz CT molecular complexity index is 1650. The average Bonchev–Trinajstić information content (AvgIpc) is 3.13. The third kappa shape index (κ3) is 11.1. The zero-order valence-corrected chi connectivity index (χ0v) is 29.9. The summed E-state index contributed by atoms with van der Waals surface area (Å²) in [5.74, 6) is -1.63. The monoisotopic (exact) mass is 699 g/mol. The van der Waals surface area contributed by atoms with Gasteiger partial charge in [-0.25, -0.2) is 4.79 Å². The summed E-state index contributed by atoms with van der Waals surface area (Å²) in [6, 6.07) is 17.4. The van der Waals surface area contributed by atoms with Crippen LogP contribution >= 0.6 is 0 Å². The number of ether oxygens (including phenoxy) is 1.